The van der Waals surface area contributed by atoms with Crippen LogP contribution in [-0.4, -0.2) is 43.3 Å². The van der Waals surface area contributed by atoms with E-state index in [1.165, 1.54) is 0 Å². The maximum atomic E-state index is 12.4. The van der Waals surface area contributed by atoms with Crippen LogP contribution in [0.1, 0.15) is 34.3 Å². The molecule has 1 amide bonds. The second-order valence-corrected chi connectivity index (χ2v) is 5.91. The van der Waals surface area contributed by atoms with Crippen LogP contribution in [0.25, 0.3) is 0 Å². The monoisotopic (exact) mass is 288 g/mol. The first-order chi connectivity index (χ1) is 10.0. The van der Waals surface area contributed by atoms with E-state index in [0.717, 1.165) is 42.6 Å². The van der Waals surface area contributed by atoms with Gasteiger partial charge in [-0.1, -0.05) is 17.7 Å². The molecule has 21 heavy (non-hydrogen) atoms. The molecule has 1 N–H and O–H groups in total. The predicted molar refractivity (Wildman–Crippen MR) is 83.5 cm³/mol. The van der Waals surface area contributed by atoms with Gasteiger partial charge in [-0.25, -0.2) is 0 Å². The minimum absolute atomic E-state index is 0.0991. The van der Waals surface area contributed by atoms with Gasteiger partial charge in [0.05, 0.1) is 6.54 Å². The molecular weight excluding hydrogens is 264 g/mol. The Hall–Kier alpha value is -1.68. The summed E-state index contributed by atoms with van der Waals surface area (Å²) in [7, 11) is 1.68. The number of carbonyl (C=O) groups is 2. The molecule has 0 unspecified atom stereocenters. The zero-order chi connectivity index (χ0) is 15.4. The molecule has 114 valence electrons. The highest BCUT2D eigenvalue weighted by atomic mass is 16.1. The Morgan fingerprint density at radius 1 is 1.24 bits per heavy atom. The summed E-state index contributed by atoms with van der Waals surface area (Å²) < 4.78 is 0. The number of hydrogen-bond acceptors (Lipinski definition) is 3. The van der Waals surface area contributed by atoms with E-state index in [1.807, 2.05) is 32.0 Å². The van der Waals surface area contributed by atoms with Crippen LogP contribution in [-0.2, 0) is 4.79 Å². The van der Waals surface area contributed by atoms with Gasteiger partial charge < -0.3 is 5.32 Å². The van der Waals surface area contributed by atoms with Crippen LogP contribution in [0.4, 0.5) is 0 Å². The fourth-order valence-corrected chi connectivity index (χ4v) is 2.88. The summed E-state index contributed by atoms with van der Waals surface area (Å²) in [6.07, 6.45) is 1.67. The van der Waals surface area contributed by atoms with E-state index < -0.39 is 0 Å². The lowest BCUT2D eigenvalue weighted by atomic mass is 9.95. The summed E-state index contributed by atoms with van der Waals surface area (Å²) in [5, 5.41) is 2.71. The molecule has 0 spiro atoms. The highest BCUT2D eigenvalue weighted by molar-refractivity contribution is 5.99. The third-order valence-corrected chi connectivity index (χ3v) is 4.27. The summed E-state index contributed by atoms with van der Waals surface area (Å²) in [6.45, 7) is 6.06. The number of amides is 1. The fraction of sp³-hybridized carbons (Fsp3) is 0.529. The van der Waals surface area contributed by atoms with Crippen molar-refractivity contribution in [2.24, 2.45) is 5.92 Å². The maximum absolute atomic E-state index is 12.4. The average molecular weight is 288 g/mol. The van der Waals surface area contributed by atoms with Crippen molar-refractivity contribution in [3.05, 3.63) is 34.9 Å². The first-order valence-corrected chi connectivity index (χ1v) is 7.55. The normalized spacial score (nSPS) is 16.7. The summed E-state index contributed by atoms with van der Waals surface area (Å²) in [4.78, 5) is 26.2. The van der Waals surface area contributed by atoms with Gasteiger partial charge in [0, 0.05) is 18.5 Å². The van der Waals surface area contributed by atoms with Crippen molar-refractivity contribution in [1.29, 1.82) is 0 Å². The van der Waals surface area contributed by atoms with Crippen molar-refractivity contribution >= 4 is 11.7 Å². The molecule has 1 fully saturated rings. The Morgan fingerprint density at radius 3 is 2.52 bits per heavy atom. The number of nitrogens with zero attached hydrogens (tertiary/aromatic N) is 1. The smallest absolute Gasteiger partial charge is 0.222 e. The molecule has 1 aromatic carbocycles. The number of piperidine rings is 1. The molecule has 1 aliphatic heterocycles. The van der Waals surface area contributed by atoms with Gasteiger partial charge in [-0.3, -0.25) is 14.5 Å². The zero-order valence-corrected chi connectivity index (χ0v) is 13.1. The van der Waals surface area contributed by atoms with Crippen molar-refractivity contribution in [3.63, 3.8) is 0 Å². The van der Waals surface area contributed by atoms with Crippen molar-refractivity contribution in [1.82, 2.24) is 10.2 Å². The van der Waals surface area contributed by atoms with Crippen LogP contribution in [0, 0.1) is 19.8 Å². The van der Waals surface area contributed by atoms with Crippen molar-refractivity contribution in [2.45, 2.75) is 26.7 Å². The second kappa shape index (κ2) is 6.85. The Morgan fingerprint density at radius 2 is 1.90 bits per heavy atom. The quantitative estimate of drug-likeness (QED) is 0.862. The lowest BCUT2D eigenvalue weighted by Gasteiger charge is -2.30. The van der Waals surface area contributed by atoms with Crippen LogP contribution in [0.3, 0.4) is 0 Å². The van der Waals surface area contributed by atoms with Gasteiger partial charge in [0.2, 0.25) is 5.91 Å². The van der Waals surface area contributed by atoms with Gasteiger partial charge in [-0.15, -0.1) is 0 Å². The van der Waals surface area contributed by atoms with E-state index in [-0.39, 0.29) is 17.6 Å². The van der Waals surface area contributed by atoms with Crippen LogP contribution < -0.4 is 5.32 Å². The summed E-state index contributed by atoms with van der Waals surface area (Å²) in [5.41, 5.74) is 2.97. The van der Waals surface area contributed by atoms with Crippen LogP contribution in [0.2, 0.25) is 0 Å². The van der Waals surface area contributed by atoms with Crippen LogP contribution in [0.5, 0.6) is 0 Å². The molecule has 0 atom stereocenters. The highest BCUT2D eigenvalue weighted by Gasteiger charge is 2.25. The Labute approximate surface area is 126 Å². The van der Waals surface area contributed by atoms with E-state index in [1.54, 1.807) is 7.05 Å². The molecular formula is C17H24N2O2. The fourth-order valence-electron chi connectivity index (χ4n) is 2.88. The summed E-state index contributed by atoms with van der Waals surface area (Å²) in [5.74, 6) is 0.396. The van der Waals surface area contributed by atoms with E-state index in [4.69, 9.17) is 0 Å². The number of hydrogen-bond donors (Lipinski definition) is 1. The standard InChI is InChI=1S/C17H24N2O2/c1-12-4-5-13(2)15(10-12)16(20)11-19-8-6-14(7-9-19)17(21)18-3/h4-5,10,14H,6-9,11H2,1-3H3,(H,18,21). The van der Waals surface area contributed by atoms with Gasteiger partial charge in [-0.05, 0) is 51.4 Å². The molecule has 4 nitrogen and oxygen atoms in total. The number of rotatable bonds is 4. The van der Waals surface area contributed by atoms with E-state index in [2.05, 4.69) is 10.2 Å². The van der Waals surface area contributed by atoms with Crippen molar-refractivity contribution in [2.75, 3.05) is 26.7 Å². The minimum atomic E-state index is 0.0991. The van der Waals surface area contributed by atoms with Gasteiger partial charge in [0.15, 0.2) is 5.78 Å². The van der Waals surface area contributed by atoms with Crippen LogP contribution >= 0.6 is 0 Å². The number of carbonyl (C=O) groups excluding carboxylic acids is 2. The third kappa shape index (κ3) is 3.91. The van der Waals surface area contributed by atoms with Gasteiger partial charge in [0.1, 0.15) is 0 Å². The van der Waals surface area contributed by atoms with Gasteiger partial charge >= 0.3 is 0 Å². The van der Waals surface area contributed by atoms with E-state index >= 15 is 0 Å². The molecule has 0 bridgehead atoms. The molecule has 4 heteroatoms. The SMILES string of the molecule is CNC(=O)C1CCN(CC(=O)c2cc(C)ccc2C)CC1. The Balaban J connectivity index is 1.93. The molecule has 1 aliphatic rings. The predicted octanol–water partition coefficient (Wildman–Crippen LogP) is 1.94. The molecule has 0 aromatic heterocycles. The largest absolute Gasteiger partial charge is 0.359 e. The third-order valence-electron chi connectivity index (χ3n) is 4.27. The molecule has 0 aliphatic carbocycles. The van der Waals surface area contributed by atoms with Crippen molar-refractivity contribution in [3.8, 4) is 0 Å². The minimum Gasteiger partial charge on any atom is -0.359 e. The zero-order valence-electron chi connectivity index (χ0n) is 13.1. The summed E-state index contributed by atoms with van der Waals surface area (Å²) in [6, 6.07) is 6.00. The van der Waals surface area contributed by atoms with Gasteiger partial charge in [0.25, 0.3) is 0 Å². The molecule has 0 radical (unpaired) electrons. The lowest BCUT2D eigenvalue weighted by Crippen LogP contribution is -2.41. The number of nitrogens with one attached hydrogen (secondary N) is 1. The highest BCUT2D eigenvalue weighted by Crippen LogP contribution is 2.18. The molecule has 1 saturated heterocycles. The maximum Gasteiger partial charge on any atom is 0.222 e. The molecule has 0 saturated carbocycles. The lowest BCUT2D eigenvalue weighted by molar-refractivity contribution is -0.125. The van der Waals surface area contributed by atoms with E-state index in [0.29, 0.717) is 6.54 Å². The Bertz CT molecular complexity index is 532. The first kappa shape index (κ1) is 15.7. The average Bonchev–Trinajstić information content (AvgIpc) is 2.49. The van der Waals surface area contributed by atoms with Crippen molar-refractivity contribution < 1.29 is 9.59 Å². The second-order valence-electron chi connectivity index (χ2n) is 5.91. The Kier molecular flexibility index (Phi) is 5.12. The molecule has 1 aromatic rings. The summed E-state index contributed by atoms with van der Waals surface area (Å²) >= 11 is 0. The molecule has 1 heterocycles. The number of ketones is 1. The number of likely N-dealkylation sites (tertiary alicyclic amines) is 1. The number of aryl methyl sites for hydroxylation is 2. The topological polar surface area (TPSA) is 49.4 Å². The molecule has 2 rings (SSSR count). The van der Waals surface area contributed by atoms with E-state index in [9.17, 15) is 9.59 Å². The first-order valence-electron chi connectivity index (χ1n) is 7.55. The van der Waals surface area contributed by atoms with Crippen LogP contribution in [0.15, 0.2) is 18.2 Å². The number of Topliss-reactive ketones (excluding diaryl/α,β-unsaturated/α-hetero) is 1. The number of benzene rings is 1. The van der Waals surface area contributed by atoms with Gasteiger partial charge in [-0.2, -0.15) is 0 Å².